The first-order valence-electron chi connectivity index (χ1n) is 10.9. The zero-order valence-electron chi connectivity index (χ0n) is 20.2. The number of nitrogens with zero attached hydrogens (tertiary/aromatic N) is 2. The average Bonchev–Trinajstić information content (AvgIpc) is 3.32. The number of aromatic nitrogens is 2. The van der Waals surface area contributed by atoms with E-state index in [1.165, 1.54) is 13.1 Å². The number of hydrogen-bond donors (Lipinski definition) is 2. The smallest absolute Gasteiger partial charge is 0.168 e. The van der Waals surface area contributed by atoms with Gasteiger partial charge in [-0.3, -0.25) is 0 Å². The molecule has 0 aliphatic carbocycles. The van der Waals surface area contributed by atoms with Crippen LogP contribution in [-0.4, -0.2) is 16.6 Å². The summed E-state index contributed by atoms with van der Waals surface area (Å²) in [5, 5.41) is 2.82. The van der Waals surface area contributed by atoms with Crippen LogP contribution in [0.3, 0.4) is 0 Å². The third-order valence-corrected chi connectivity index (χ3v) is 8.63. The Morgan fingerprint density at radius 1 is 1.08 bits per heavy atom. The molecule has 1 aliphatic rings. The number of imidazole rings is 1. The zero-order chi connectivity index (χ0) is 27.8. The molecule has 3 nitrogen and oxygen atoms in total. The van der Waals surface area contributed by atoms with E-state index in [1.807, 2.05) is 24.4 Å². The monoisotopic (exact) mass is 615 g/mol. The van der Waals surface area contributed by atoms with Crippen LogP contribution in [0.5, 0.6) is 0 Å². The lowest BCUT2D eigenvalue weighted by molar-refractivity contribution is 0.512. The van der Waals surface area contributed by atoms with E-state index < -0.39 is 5.41 Å². The maximum absolute atomic E-state index is 14.4. The third-order valence-electron chi connectivity index (χ3n) is 5.68. The van der Waals surface area contributed by atoms with Crippen molar-refractivity contribution in [3.05, 3.63) is 97.5 Å². The quantitative estimate of drug-likeness (QED) is 0.175. The van der Waals surface area contributed by atoms with Crippen molar-refractivity contribution < 1.29 is 4.39 Å². The van der Waals surface area contributed by atoms with E-state index in [-0.39, 0.29) is 5.83 Å². The van der Waals surface area contributed by atoms with E-state index in [0.29, 0.717) is 43.7 Å². The molecule has 4 rings (SSSR count). The Morgan fingerprint density at radius 2 is 1.78 bits per heavy atom. The van der Waals surface area contributed by atoms with E-state index in [1.54, 1.807) is 36.0 Å². The van der Waals surface area contributed by atoms with Gasteiger partial charge in [-0.25, -0.2) is 9.37 Å². The highest BCUT2D eigenvalue weighted by atomic mass is 35.5. The molecule has 0 saturated carbocycles. The second-order valence-corrected chi connectivity index (χ2v) is 10.9. The van der Waals surface area contributed by atoms with Gasteiger partial charge in [0.2, 0.25) is 0 Å². The van der Waals surface area contributed by atoms with Gasteiger partial charge in [-0.05, 0) is 67.9 Å². The number of allylic oxidation sites excluding steroid dienone is 4. The standard InChI is InChI=1S/C24H19Cl4FN2S2.C2H2.CH5N/c1-24(15-4-5-17(25)19(27)10-15)7-6-16(29)3-2-8-31-22(24)12-30-23(31)33-13-14-9-21(32)20(28)11-18(14)26;2*1-2/h2-6,9-12,32H,7-8,13H2,1H3;1-2H;2H2,1H3/b3-2-,16-6+;;. The number of halogens is 5. The molecule has 196 valence electrons. The molecule has 2 heterocycles. The fourth-order valence-electron chi connectivity index (χ4n) is 3.77. The Hall–Kier alpha value is -1.56. The average molecular weight is 617 g/mol. The van der Waals surface area contributed by atoms with E-state index >= 15 is 0 Å². The number of thiol groups is 1. The van der Waals surface area contributed by atoms with Gasteiger partial charge in [-0.2, -0.15) is 0 Å². The lowest BCUT2D eigenvalue weighted by Crippen LogP contribution is -2.26. The maximum atomic E-state index is 14.4. The normalized spacial score (nSPS) is 18.8. The van der Waals surface area contributed by atoms with Crippen LogP contribution < -0.4 is 5.73 Å². The topological polar surface area (TPSA) is 43.8 Å². The molecule has 0 bridgehead atoms. The van der Waals surface area contributed by atoms with Crippen LogP contribution in [0.4, 0.5) is 4.39 Å². The number of hydrogen-bond acceptors (Lipinski definition) is 4. The van der Waals surface area contributed by atoms with E-state index in [4.69, 9.17) is 51.4 Å². The first-order chi connectivity index (χ1) is 17.7. The SMILES string of the molecule is C#C.CC1(c2ccc(Cl)c(Cl)c2)C/C=C(F)\C=C/Cn2c1cnc2SCc1cc(S)c(Cl)cc1Cl.CN. The van der Waals surface area contributed by atoms with Crippen LogP contribution in [0.2, 0.25) is 20.1 Å². The van der Waals surface area contributed by atoms with Gasteiger partial charge < -0.3 is 10.3 Å². The molecule has 10 heteroatoms. The van der Waals surface area contributed by atoms with Crippen molar-refractivity contribution in [2.24, 2.45) is 5.73 Å². The minimum atomic E-state index is -0.570. The van der Waals surface area contributed by atoms with Crippen molar-refractivity contribution in [1.82, 2.24) is 9.55 Å². The second-order valence-electron chi connectivity index (χ2n) is 7.88. The molecule has 1 atom stereocenters. The molecule has 2 aromatic carbocycles. The number of terminal acetylenes is 1. The fourth-order valence-corrected chi connectivity index (χ4v) is 5.80. The van der Waals surface area contributed by atoms with Gasteiger partial charge in [-0.15, -0.1) is 25.5 Å². The summed E-state index contributed by atoms with van der Waals surface area (Å²) in [5.41, 5.74) is 6.73. The lowest BCUT2D eigenvalue weighted by atomic mass is 9.76. The number of nitrogens with two attached hydrogens (primary N) is 1. The number of benzene rings is 2. The molecule has 0 amide bonds. The van der Waals surface area contributed by atoms with Gasteiger partial charge in [0.15, 0.2) is 5.16 Å². The molecular formula is C27H26Cl4FN3S2. The molecule has 1 unspecified atom stereocenters. The van der Waals surface area contributed by atoms with Crippen molar-refractivity contribution in [3.8, 4) is 12.8 Å². The van der Waals surface area contributed by atoms with Gasteiger partial charge in [0.05, 0.1) is 21.3 Å². The van der Waals surface area contributed by atoms with E-state index in [9.17, 15) is 4.39 Å². The highest BCUT2D eigenvalue weighted by Crippen LogP contribution is 2.41. The van der Waals surface area contributed by atoms with Gasteiger partial charge in [0, 0.05) is 33.3 Å². The fraction of sp³-hybridized carbons (Fsp3) is 0.222. The van der Waals surface area contributed by atoms with Crippen LogP contribution in [-0.2, 0) is 17.7 Å². The zero-order valence-corrected chi connectivity index (χ0v) is 24.9. The van der Waals surface area contributed by atoms with Gasteiger partial charge >= 0.3 is 0 Å². The first-order valence-corrected chi connectivity index (χ1v) is 13.9. The molecule has 0 fully saturated rings. The predicted octanol–water partition coefficient (Wildman–Crippen LogP) is 9.02. The summed E-state index contributed by atoms with van der Waals surface area (Å²) in [7, 11) is 1.50. The summed E-state index contributed by atoms with van der Waals surface area (Å²) in [6, 6.07) is 9.09. The molecule has 1 aliphatic heterocycles. The maximum Gasteiger partial charge on any atom is 0.168 e. The lowest BCUT2D eigenvalue weighted by Gasteiger charge is -2.30. The van der Waals surface area contributed by atoms with Gasteiger partial charge in [0.25, 0.3) is 0 Å². The van der Waals surface area contributed by atoms with Crippen molar-refractivity contribution in [2.75, 3.05) is 7.05 Å². The Bertz CT molecular complexity index is 1320. The number of fused-ring (bicyclic) bond motifs is 1. The van der Waals surface area contributed by atoms with Crippen molar-refractivity contribution in [3.63, 3.8) is 0 Å². The molecule has 0 spiro atoms. The van der Waals surface area contributed by atoms with Gasteiger partial charge in [0.1, 0.15) is 5.83 Å². The number of rotatable bonds is 4. The van der Waals surface area contributed by atoms with Crippen LogP contribution in [0, 0.1) is 12.8 Å². The third kappa shape index (κ3) is 7.52. The van der Waals surface area contributed by atoms with Crippen LogP contribution in [0.15, 0.2) is 70.6 Å². The highest BCUT2D eigenvalue weighted by molar-refractivity contribution is 7.98. The van der Waals surface area contributed by atoms with Crippen LogP contribution >= 0.6 is 70.8 Å². The summed E-state index contributed by atoms with van der Waals surface area (Å²) in [6.45, 7) is 2.54. The first kappa shape index (κ1) is 31.7. The van der Waals surface area contributed by atoms with E-state index in [0.717, 1.165) is 22.0 Å². The van der Waals surface area contributed by atoms with Gasteiger partial charge in [-0.1, -0.05) is 70.3 Å². The molecule has 1 aromatic heterocycles. The molecule has 0 saturated heterocycles. The Morgan fingerprint density at radius 3 is 2.46 bits per heavy atom. The number of thioether (sulfide) groups is 1. The Kier molecular flexibility index (Phi) is 12.5. The summed E-state index contributed by atoms with van der Waals surface area (Å²) >= 11 is 30.9. The Labute approximate surface area is 247 Å². The van der Waals surface area contributed by atoms with E-state index in [2.05, 4.69) is 42.7 Å². The van der Waals surface area contributed by atoms with Crippen LogP contribution in [0.1, 0.15) is 30.2 Å². The van der Waals surface area contributed by atoms with Crippen molar-refractivity contribution in [1.29, 1.82) is 0 Å². The molecule has 37 heavy (non-hydrogen) atoms. The highest BCUT2D eigenvalue weighted by Gasteiger charge is 2.33. The summed E-state index contributed by atoms with van der Waals surface area (Å²) in [6.07, 6.45) is 15.2. The predicted molar refractivity (Wildman–Crippen MR) is 161 cm³/mol. The second kappa shape index (κ2) is 14.6. The molecular weight excluding hydrogens is 591 g/mol. The summed E-state index contributed by atoms with van der Waals surface area (Å²) in [4.78, 5) is 5.38. The van der Waals surface area contributed by atoms with Crippen LogP contribution in [0.25, 0.3) is 0 Å². The molecule has 0 radical (unpaired) electrons. The largest absolute Gasteiger partial charge is 0.333 e. The summed E-state index contributed by atoms with van der Waals surface area (Å²) < 4.78 is 16.5. The molecule has 2 N–H and O–H groups in total. The van der Waals surface area contributed by atoms with Crippen molar-refractivity contribution >= 4 is 70.8 Å². The minimum absolute atomic E-state index is 0.275. The summed E-state index contributed by atoms with van der Waals surface area (Å²) in [5.74, 6) is 0.309. The Balaban J connectivity index is 0.00000115. The molecule has 3 aromatic rings. The van der Waals surface area contributed by atoms with Crippen molar-refractivity contribution in [2.45, 2.75) is 41.1 Å². The minimum Gasteiger partial charge on any atom is -0.333 e.